The molecule has 0 fully saturated rings. The van der Waals surface area contributed by atoms with E-state index in [0.717, 1.165) is 22.5 Å². The fourth-order valence-corrected chi connectivity index (χ4v) is 2.91. The summed E-state index contributed by atoms with van der Waals surface area (Å²) >= 11 is 6.14. The number of benzene rings is 2. The summed E-state index contributed by atoms with van der Waals surface area (Å²) in [6, 6.07) is 15.0. The number of nitrogens with zero attached hydrogens (tertiary/aromatic N) is 2. The molecule has 0 aliphatic carbocycles. The van der Waals surface area contributed by atoms with Crippen LogP contribution < -0.4 is 10.1 Å². The number of halogens is 1. The summed E-state index contributed by atoms with van der Waals surface area (Å²) < 4.78 is 7.55. The van der Waals surface area contributed by atoms with Crippen LogP contribution >= 0.6 is 11.6 Å². The molecule has 0 aliphatic rings. The van der Waals surface area contributed by atoms with Gasteiger partial charge in [0.05, 0.1) is 23.0 Å². The summed E-state index contributed by atoms with van der Waals surface area (Å²) in [6.45, 7) is 4.74. The van der Waals surface area contributed by atoms with Crippen molar-refractivity contribution in [3.63, 3.8) is 0 Å². The van der Waals surface area contributed by atoms with E-state index >= 15 is 0 Å². The van der Waals surface area contributed by atoms with E-state index in [4.69, 9.17) is 16.3 Å². The smallest absolute Gasteiger partial charge is 0.251 e. The summed E-state index contributed by atoms with van der Waals surface area (Å²) in [5.41, 5.74) is 4.54. The average molecular weight is 384 g/mol. The molecule has 140 valence electrons. The Hall–Kier alpha value is -2.79. The van der Waals surface area contributed by atoms with E-state index in [1.807, 2.05) is 57.3 Å². The summed E-state index contributed by atoms with van der Waals surface area (Å²) in [5.74, 6) is 0.535. The summed E-state index contributed by atoms with van der Waals surface area (Å²) in [4.78, 5) is 12.3. The molecule has 1 amide bonds. The number of carbonyl (C=O) groups excluding carboxylic acids is 1. The van der Waals surface area contributed by atoms with Crippen LogP contribution in [0.25, 0.3) is 0 Å². The zero-order valence-electron chi connectivity index (χ0n) is 15.6. The molecular weight excluding hydrogens is 362 g/mol. The van der Waals surface area contributed by atoms with Crippen molar-refractivity contribution in [3.8, 4) is 5.75 Å². The minimum atomic E-state index is -0.122. The largest absolute Gasteiger partial charge is 0.487 e. The van der Waals surface area contributed by atoms with Gasteiger partial charge in [0.1, 0.15) is 12.4 Å². The first-order chi connectivity index (χ1) is 12.9. The Morgan fingerprint density at radius 3 is 2.56 bits per heavy atom. The highest BCUT2D eigenvalue weighted by atomic mass is 35.5. The van der Waals surface area contributed by atoms with Crippen LogP contribution in [-0.2, 0) is 20.2 Å². The molecule has 0 bridgehead atoms. The van der Waals surface area contributed by atoms with E-state index in [0.29, 0.717) is 29.5 Å². The number of amides is 1. The van der Waals surface area contributed by atoms with Crippen LogP contribution in [0.4, 0.5) is 0 Å². The first kappa shape index (κ1) is 19.0. The number of carbonyl (C=O) groups is 1. The van der Waals surface area contributed by atoms with E-state index in [2.05, 4.69) is 10.4 Å². The lowest BCUT2D eigenvalue weighted by molar-refractivity contribution is 0.0950. The van der Waals surface area contributed by atoms with E-state index < -0.39 is 0 Å². The van der Waals surface area contributed by atoms with E-state index in [-0.39, 0.29) is 5.91 Å². The predicted molar refractivity (Wildman–Crippen MR) is 106 cm³/mol. The number of aromatic nitrogens is 2. The van der Waals surface area contributed by atoms with Crippen molar-refractivity contribution < 1.29 is 9.53 Å². The zero-order chi connectivity index (χ0) is 19.4. The normalized spacial score (nSPS) is 10.7. The lowest BCUT2D eigenvalue weighted by Crippen LogP contribution is -2.24. The Balaban J connectivity index is 1.57. The molecule has 0 atom stereocenters. The van der Waals surface area contributed by atoms with E-state index in [1.54, 1.807) is 16.8 Å². The number of rotatable bonds is 6. The quantitative estimate of drug-likeness (QED) is 0.694. The molecular formula is C21H22ClN3O2. The molecule has 5 nitrogen and oxygen atoms in total. The standard InChI is InChI=1S/C21H22ClN3O2/c1-14-4-9-19(22)20(10-14)27-13-16-5-7-17(8-6-16)21(26)23-12-18-11-15(2)24-25(18)3/h4-11H,12-13H2,1-3H3,(H,23,26). The van der Waals surface area contributed by atoms with Crippen LogP contribution in [0, 0.1) is 13.8 Å². The lowest BCUT2D eigenvalue weighted by Gasteiger charge is -2.10. The van der Waals surface area contributed by atoms with Gasteiger partial charge in [-0.05, 0) is 55.3 Å². The molecule has 0 aliphatic heterocycles. The molecule has 1 aromatic heterocycles. The lowest BCUT2D eigenvalue weighted by atomic mass is 10.1. The van der Waals surface area contributed by atoms with Gasteiger partial charge in [-0.25, -0.2) is 0 Å². The fourth-order valence-electron chi connectivity index (χ4n) is 2.74. The maximum Gasteiger partial charge on any atom is 0.251 e. The number of ether oxygens (including phenoxy) is 1. The highest BCUT2D eigenvalue weighted by Gasteiger charge is 2.08. The van der Waals surface area contributed by atoms with Gasteiger partial charge in [0.15, 0.2) is 0 Å². The van der Waals surface area contributed by atoms with E-state index in [1.165, 1.54) is 0 Å². The topological polar surface area (TPSA) is 56.1 Å². The highest BCUT2D eigenvalue weighted by Crippen LogP contribution is 2.26. The maximum atomic E-state index is 12.3. The second-order valence-electron chi connectivity index (χ2n) is 6.50. The predicted octanol–water partition coefficient (Wildman–Crippen LogP) is 4.20. The first-order valence-corrected chi connectivity index (χ1v) is 9.06. The van der Waals surface area contributed by atoms with Crippen molar-refractivity contribution in [2.45, 2.75) is 27.0 Å². The number of hydrogen-bond donors (Lipinski definition) is 1. The Morgan fingerprint density at radius 2 is 1.89 bits per heavy atom. The summed E-state index contributed by atoms with van der Waals surface area (Å²) in [6.07, 6.45) is 0. The Morgan fingerprint density at radius 1 is 1.15 bits per heavy atom. The highest BCUT2D eigenvalue weighted by molar-refractivity contribution is 6.32. The van der Waals surface area contributed by atoms with Crippen molar-refractivity contribution >= 4 is 17.5 Å². The monoisotopic (exact) mass is 383 g/mol. The van der Waals surface area contributed by atoms with Gasteiger partial charge in [0.2, 0.25) is 0 Å². The third-order valence-corrected chi connectivity index (χ3v) is 4.54. The second-order valence-corrected chi connectivity index (χ2v) is 6.91. The van der Waals surface area contributed by atoms with Crippen molar-refractivity contribution in [1.82, 2.24) is 15.1 Å². The van der Waals surface area contributed by atoms with Crippen LogP contribution in [0.2, 0.25) is 5.02 Å². The zero-order valence-corrected chi connectivity index (χ0v) is 16.4. The summed E-state index contributed by atoms with van der Waals surface area (Å²) in [5, 5.41) is 7.77. The van der Waals surface area contributed by atoms with Gasteiger partial charge in [0, 0.05) is 12.6 Å². The average Bonchev–Trinajstić information content (AvgIpc) is 2.98. The van der Waals surface area contributed by atoms with Gasteiger partial charge in [-0.15, -0.1) is 0 Å². The number of hydrogen-bond acceptors (Lipinski definition) is 3. The van der Waals surface area contributed by atoms with Gasteiger partial charge in [-0.3, -0.25) is 9.48 Å². The van der Waals surface area contributed by atoms with Crippen LogP contribution in [0.3, 0.4) is 0 Å². The molecule has 1 N–H and O–H groups in total. The minimum Gasteiger partial charge on any atom is -0.487 e. The van der Waals surface area contributed by atoms with Gasteiger partial charge in [-0.1, -0.05) is 29.8 Å². The molecule has 27 heavy (non-hydrogen) atoms. The molecule has 0 saturated carbocycles. The molecule has 6 heteroatoms. The third kappa shape index (κ3) is 4.89. The van der Waals surface area contributed by atoms with Crippen LogP contribution in [-0.4, -0.2) is 15.7 Å². The molecule has 0 saturated heterocycles. The van der Waals surface area contributed by atoms with Crippen molar-refractivity contribution in [3.05, 3.63) is 81.6 Å². The fraction of sp³-hybridized carbons (Fsp3) is 0.238. The molecule has 3 rings (SSSR count). The Labute approximate surface area is 163 Å². The van der Waals surface area contributed by atoms with Gasteiger partial charge >= 0.3 is 0 Å². The molecule has 0 unspecified atom stereocenters. The third-order valence-electron chi connectivity index (χ3n) is 4.23. The SMILES string of the molecule is Cc1ccc(Cl)c(OCc2ccc(C(=O)NCc3cc(C)nn3C)cc2)c1. The van der Waals surface area contributed by atoms with Crippen LogP contribution in [0.15, 0.2) is 48.5 Å². The van der Waals surface area contributed by atoms with E-state index in [9.17, 15) is 4.79 Å². The molecule has 0 spiro atoms. The van der Waals surface area contributed by atoms with Crippen molar-refractivity contribution in [2.24, 2.45) is 7.05 Å². The molecule has 2 aromatic carbocycles. The molecule has 3 aromatic rings. The number of aryl methyl sites for hydroxylation is 3. The Kier molecular flexibility index (Phi) is 5.81. The van der Waals surface area contributed by atoms with Crippen molar-refractivity contribution in [2.75, 3.05) is 0 Å². The van der Waals surface area contributed by atoms with Gasteiger partial charge < -0.3 is 10.1 Å². The van der Waals surface area contributed by atoms with Crippen LogP contribution in [0.5, 0.6) is 5.75 Å². The number of nitrogens with one attached hydrogen (secondary N) is 1. The minimum absolute atomic E-state index is 0.122. The van der Waals surface area contributed by atoms with Gasteiger partial charge in [0.25, 0.3) is 5.91 Å². The Bertz CT molecular complexity index is 949. The van der Waals surface area contributed by atoms with Crippen LogP contribution in [0.1, 0.15) is 32.9 Å². The van der Waals surface area contributed by atoms with Crippen molar-refractivity contribution in [1.29, 1.82) is 0 Å². The summed E-state index contributed by atoms with van der Waals surface area (Å²) in [7, 11) is 1.86. The molecule has 1 heterocycles. The first-order valence-electron chi connectivity index (χ1n) is 8.68. The molecule has 0 radical (unpaired) electrons. The maximum absolute atomic E-state index is 12.3. The second kappa shape index (κ2) is 8.27. The van der Waals surface area contributed by atoms with Gasteiger partial charge in [-0.2, -0.15) is 5.10 Å².